The van der Waals surface area contributed by atoms with Gasteiger partial charge in [0.25, 0.3) is 5.69 Å². The number of nitro groups is 1. The number of non-ortho nitro benzene ring substituents is 1. The first-order chi connectivity index (χ1) is 19.8. The Morgan fingerprint density at radius 1 is 1.00 bits per heavy atom. The zero-order valence-corrected chi connectivity index (χ0v) is 24.8. The molecular formula is C30H36N4O8. The van der Waals surface area contributed by atoms with Gasteiger partial charge in [-0.15, -0.1) is 0 Å². The highest BCUT2D eigenvalue weighted by Crippen LogP contribution is 2.40. The summed E-state index contributed by atoms with van der Waals surface area (Å²) < 4.78 is 16.0. The van der Waals surface area contributed by atoms with Gasteiger partial charge in [-0.1, -0.05) is 24.3 Å². The minimum absolute atomic E-state index is 0.0314. The number of dihydropyridines is 1. The first-order valence-electron chi connectivity index (χ1n) is 13.2. The zero-order chi connectivity index (χ0) is 31.1. The molecule has 224 valence electrons. The van der Waals surface area contributed by atoms with Gasteiger partial charge in [0.1, 0.15) is 12.4 Å². The molecule has 0 fully saturated rings. The van der Waals surface area contributed by atoms with Gasteiger partial charge in [-0.05, 0) is 51.1 Å². The van der Waals surface area contributed by atoms with Gasteiger partial charge in [-0.25, -0.2) is 14.4 Å². The van der Waals surface area contributed by atoms with E-state index < -0.39 is 28.9 Å². The molecule has 2 aromatic carbocycles. The number of methoxy groups -OCH3 is 1. The Balaban J connectivity index is 1.78. The predicted octanol–water partition coefficient (Wildman–Crippen LogP) is 4.30. The summed E-state index contributed by atoms with van der Waals surface area (Å²) in [4.78, 5) is 52.5. The third-order valence-electron chi connectivity index (χ3n) is 7.05. The highest BCUT2D eigenvalue weighted by atomic mass is 16.6. The number of nitrogens with one attached hydrogen (secondary N) is 1. The second-order valence-corrected chi connectivity index (χ2v) is 10.1. The molecule has 3 rings (SSSR count). The lowest BCUT2D eigenvalue weighted by Gasteiger charge is -2.30. The molecule has 2 aromatic rings. The SMILES string of the molecule is COC(=O)C1=C(C)NC(C)=C(C(=O)OCCN(C)C(C)c2cccc(OC(=O)N(C)C)c2)C1c1cccc([N+](=O)[O-])c1. The van der Waals surface area contributed by atoms with Gasteiger partial charge < -0.3 is 24.4 Å². The number of likely N-dealkylation sites (N-methyl/N-ethyl adjacent to an activating group) is 1. The normalized spacial score (nSPS) is 15.6. The van der Waals surface area contributed by atoms with Crippen LogP contribution in [0.15, 0.2) is 71.1 Å². The molecular weight excluding hydrogens is 544 g/mol. The van der Waals surface area contributed by atoms with Crippen molar-refractivity contribution < 1.29 is 33.5 Å². The van der Waals surface area contributed by atoms with E-state index in [-0.39, 0.29) is 29.5 Å². The summed E-state index contributed by atoms with van der Waals surface area (Å²) in [7, 11) is 6.31. The van der Waals surface area contributed by atoms with E-state index in [9.17, 15) is 24.5 Å². The van der Waals surface area contributed by atoms with E-state index in [0.717, 1.165) is 5.56 Å². The Morgan fingerprint density at radius 3 is 2.26 bits per heavy atom. The molecule has 0 spiro atoms. The maximum atomic E-state index is 13.5. The number of hydrogen-bond acceptors (Lipinski definition) is 10. The number of nitrogens with zero attached hydrogens (tertiary/aromatic N) is 3. The molecule has 2 unspecified atom stereocenters. The average molecular weight is 581 g/mol. The fraction of sp³-hybridized carbons (Fsp3) is 0.367. The second kappa shape index (κ2) is 13.8. The van der Waals surface area contributed by atoms with Crippen LogP contribution in [0.3, 0.4) is 0 Å². The standard InChI is InChI=1S/C30H36N4O8/c1-18-25(28(35)40-7)27(22-11-8-12-23(16-22)34(38)39)26(19(2)31-18)29(36)41-15-14-33(6)20(3)21-10-9-13-24(17-21)42-30(37)32(4)5/h8-13,16-17,20,27,31H,14-15H2,1-7H3. The molecule has 12 nitrogen and oxygen atoms in total. The summed E-state index contributed by atoms with van der Waals surface area (Å²) in [6, 6.07) is 12.9. The first kappa shape index (κ1) is 31.8. The molecule has 0 saturated carbocycles. The number of esters is 2. The highest BCUT2D eigenvalue weighted by Gasteiger charge is 2.38. The molecule has 0 aromatic heterocycles. The Bertz CT molecular complexity index is 1430. The summed E-state index contributed by atoms with van der Waals surface area (Å²) in [6.45, 7) is 5.73. The van der Waals surface area contributed by atoms with Crippen molar-refractivity contribution in [1.29, 1.82) is 0 Å². The molecule has 1 N–H and O–H groups in total. The van der Waals surface area contributed by atoms with Crippen LogP contribution in [0.5, 0.6) is 5.75 Å². The Kier molecular flexibility index (Phi) is 10.4. The van der Waals surface area contributed by atoms with Crippen LogP contribution < -0.4 is 10.1 Å². The summed E-state index contributed by atoms with van der Waals surface area (Å²) in [5.41, 5.74) is 2.37. The quantitative estimate of drug-likeness (QED) is 0.246. The molecule has 0 radical (unpaired) electrons. The molecule has 0 saturated heterocycles. The number of rotatable bonds is 10. The maximum absolute atomic E-state index is 13.5. The fourth-order valence-corrected chi connectivity index (χ4v) is 4.63. The largest absolute Gasteiger partial charge is 0.466 e. The lowest BCUT2D eigenvalue weighted by molar-refractivity contribution is -0.384. The summed E-state index contributed by atoms with van der Waals surface area (Å²) >= 11 is 0. The average Bonchev–Trinajstić information content (AvgIpc) is 2.95. The van der Waals surface area contributed by atoms with Crippen LogP contribution in [0.25, 0.3) is 0 Å². The summed E-state index contributed by atoms with van der Waals surface area (Å²) in [5, 5.41) is 14.5. The van der Waals surface area contributed by atoms with Gasteiger partial charge in [-0.2, -0.15) is 0 Å². The van der Waals surface area contributed by atoms with Crippen LogP contribution in [0.1, 0.15) is 43.9 Å². The lowest BCUT2D eigenvalue weighted by atomic mass is 9.80. The molecule has 0 bridgehead atoms. The molecule has 12 heteroatoms. The molecule has 2 atom stereocenters. The lowest BCUT2D eigenvalue weighted by Crippen LogP contribution is -2.33. The number of hydrogen-bond donors (Lipinski definition) is 1. The van der Waals surface area contributed by atoms with Crippen molar-refractivity contribution in [2.24, 2.45) is 0 Å². The number of ether oxygens (including phenoxy) is 3. The fourth-order valence-electron chi connectivity index (χ4n) is 4.63. The first-order valence-corrected chi connectivity index (χ1v) is 13.2. The third-order valence-corrected chi connectivity index (χ3v) is 7.05. The van der Waals surface area contributed by atoms with E-state index in [1.165, 1.54) is 30.2 Å². The van der Waals surface area contributed by atoms with Gasteiger partial charge in [0.15, 0.2) is 0 Å². The number of amides is 1. The molecule has 0 aliphatic carbocycles. The van der Waals surface area contributed by atoms with Crippen molar-refractivity contribution in [2.45, 2.75) is 32.7 Å². The highest BCUT2D eigenvalue weighted by molar-refractivity contribution is 5.99. The molecule has 1 heterocycles. The van der Waals surface area contributed by atoms with Crippen molar-refractivity contribution >= 4 is 23.7 Å². The minimum Gasteiger partial charge on any atom is -0.466 e. The van der Waals surface area contributed by atoms with E-state index in [1.807, 2.05) is 24.9 Å². The third kappa shape index (κ3) is 7.32. The summed E-state index contributed by atoms with van der Waals surface area (Å²) in [5.74, 6) is -1.84. The topological polar surface area (TPSA) is 141 Å². The van der Waals surface area contributed by atoms with Gasteiger partial charge in [-0.3, -0.25) is 15.0 Å². The van der Waals surface area contributed by atoms with Crippen LogP contribution in [0, 0.1) is 10.1 Å². The number of carbonyl (C=O) groups excluding carboxylic acids is 3. The number of allylic oxidation sites excluding steroid dienone is 2. The van der Waals surface area contributed by atoms with E-state index in [4.69, 9.17) is 14.2 Å². The van der Waals surface area contributed by atoms with Crippen molar-refractivity contribution in [3.8, 4) is 5.75 Å². The van der Waals surface area contributed by atoms with Gasteiger partial charge in [0.2, 0.25) is 0 Å². The molecule has 42 heavy (non-hydrogen) atoms. The number of benzene rings is 2. The maximum Gasteiger partial charge on any atom is 0.414 e. The van der Waals surface area contributed by atoms with Gasteiger partial charge >= 0.3 is 18.0 Å². The Labute approximate surface area is 244 Å². The second-order valence-electron chi connectivity index (χ2n) is 10.1. The van der Waals surface area contributed by atoms with E-state index >= 15 is 0 Å². The van der Waals surface area contributed by atoms with Crippen molar-refractivity contribution in [3.05, 3.63) is 92.3 Å². The molecule has 1 aliphatic rings. The van der Waals surface area contributed by atoms with Crippen LogP contribution in [-0.2, 0) is 19.1 Å². The van der Waals surface area contributed by atoms with Crippen molar-refractivity contribution in [1.82, 2.24) is 15.1 Å². The Morgan fingerprint density at radius 2 is 1.64 bits per heavy atom. The Hall–Kier alpha value is -4.71. The van der Waals surface area contributed by atoms with Crippen LogP contribution in [0.4, 0.5) is 10.5 Å². The smallest absolute Gasteiger partial charge is 0.414 e. The molecule has 1 aliphatic heterocycles. The number of carbonyl (C=O) groups is 3. The van der Waals surface area contributed by atoms with Crippen molar-refractivity contribution in [2.75, 3.05) is 41.4 Å². The van der Waals surface area contributed by atoms with Crippen molar-refractivity contribution in [3.63, 3.8) is 0 Å². The predicted molar refractivity (Wildman–Crippen MR) is 155 cm³/mol. The monoisotopic (exact) mass is 580 g/mol. The van der Waals surface area contributed by atoms with Crippen LogP contribution >= 0.6 is 0 Å². The van der Waals surface area contributed by atoms with E-state index in [2.05, 4.69) is 5.32 Å². The van der Waals surface area contributed by atoms with E-state index in [0.29, 0.717) is 29.3 Å². The van der Waals surface area contributed by atoms with E-state index in [1.54, 1.807) is 52.2 Å². The van der Waals surface area contributed by atoms with Crippen LogP contribution in [0.2, 0.25) is 0 Å². The zero-order valence-electron chi connectivity index (χ0n) is 24.8. The minimum atomic E-state index is -0.935. The number of nitro benzene ring substituents is 1. The van der Waals surface area contributed by atoms with Crippen LogP contribution in [-0.4, -0.2) is 74.2 Å². The van der Waals surface area contributed by atoms with Gasteiger partial charge in [0.05, 0.1) is 29.1 Å². The van der Waals surface area contributed by atoms with Gasteiger partial charge in [0, 0.05) is 50.2 Å². The molecule has 1 amide bonds. The summed E-state index contributed by atoms with van der Waals surface area (Å²) in [6.07, 6.45) is -0.481.